The second kappa shape index (κ2) is 5.81. The van der Waals surface area contributed by atoms with E-state index in [2.05, 4.69) is 67.2 Å². The molecule has 2 aromatic rings. The van der Waals surface area contributed by atoms with E-state index < -0.39 is 0 Å². The van der Waals surface area contributed by atoms with Crippen molar-refractivity contribution in [1.29, 1.82) is 0 Å². The van der Waals surface area contributed by atoms with E-state index in [9.17, 15) is 0 Å². The third kappa shape index (κ3) is 2.26. The molecule has 0 N–H and O–H groups in total. The molecule has 2 aliphatic heterocycles. The molecule has 0 spiro atoms. The molecule has 1 radical (unpaired) electrons. The van der Waals surface area contributed by atoms with Crippen LogP contribution in [0.4, 0.5) is 0 Å². The molecule has 117 valence electrons. The molecule has 1 atom stereocenters. The molecule has 0 aliphatic carbocycles. The second-order valence-corrected chi connectivity index (χ2v) is 6.84. The van der Waals surface area contributed by atoms with E-state index in [-0.39, 0.29) is 5.60 Å². The fourth-order valence-electron chi connectivity index (χ4n) is 4.36. The maximum atomic E-state index is 6.52. The highest BCUT2D eigenvalue weighted by Gasteiger charge is 2.53. The van der Waals surface area contributed by atoms with Crippen LogP contribution in [0, 0.1) is 13.8 Å². The first kappa shape index (κ1) is 15.0. The van der Waals surface area contributed by atoms with Crippen LogP contribution in [0.1, 0.15) is 41.5 Å². The molecule has 0 bridgehead atoms. The van der Waals surface area contributed by atoms with Crippen LogP contribution in [0.15, 0.2) is 48.5 Å². The first-order valence-electron chi connectivity index (χ1n) is 8.62. The number of fused-ring (bicyclic) bond motifs is 1. The van der Waals surface area contributed by atoms with Crippen molar-refractivity contribution in [2.24, 2.45) is 0 Å². The number of benzene rings is 2. The van der Waals surface area contributed by atoms with Crippen LogP contribution in [0.3, 0.4) is 0 Å². The lowest BCUT2D eigenvalue weighted by molar-refractivity contribution is 0.0826. The summed E-state index contributed by atoms with van der Waals surface area (Å²) in [6.45, 7) is 5.50. The maximum Gasteiger partial charge on any atom is 0.400 e. The van der Waals surface area contributed by atoms with E-state index in [4.69, 9.17) is 4.65 Å². The first-order chi connectivity index (χ1) is 11.2. The summed E-state index contributed by atoms with van der Waals surface area (Å²) in [7, 11) is 1.99. The number of piperidine rings is 1. The first-order valence-corrected chi connectivity index (χ1v) is 8.62. The summed E-state index contributed by atoms with van der Waals surface area (Å²) in [5.74, 6) is 0. The van der Waals surface area contributed by atoms with Crippen LogP contribution in [0.25, 0.3) is 0 Å². The molecule has 2 nitrogen and oxygen atoms in total. The number of aryl methyl sites for hydroxylation is 2. The molecule has 3 heteroatoms. The summed E-state index contributed by atoms with van der Waals surface area (Å²) in [5, 5.41) is 0. The molecule has 0 amide bonds. The highest BCUT2D eigenvalue weighted by Crippen LogP contribution is 2.47. The van der Waals surface area contributed by atoms with Gasteiger partial charge in [-0.05, 0) is 55.5 Å². The minimum Gasteiger partial charge on any atom is -0.409 e. The average Bonchev–Trinajstić information content (AvgIpc) is 2.96. The average molecular weight is 304 g/mol. The summed E-state index contributed by atoms with van der Waals surface area (Å²) in [6.07, 6.45) is 3.71. The van der Waals surface area contributed by atoms with Crippen LogP contribution in [0.2, 0.25) is 0 Å². The summed E-state index contributed by atoms with van der Waals surface area (Å²) < 4.78 is 6.52. The van der Waals surface area contributed by atoms with Crippen LogP contribution < -0.4 is 0 Å². The van der Waals surface area contributed by atoms with Crippen molar-refractivity contribution in [1.82, 2.24) is 4.81 Å². The van der Waals surface area contributed by atoms with Gasteiger partial charge in [0.15, 0.2) is 0 Å². The molecule has 23 heavy (non-hydrogen) atoms. The van der Waals surface area contributed by atoms with Crippen molar-refractivity contribution in [2.45, 2.75) is 44.8 Å². The third-order valence-electron chi connectivity index (χ3n) is 5.48. The molecule has 0 unspecified atom stereocenters. The van der Waals surface area contributed by atoms with Gasteiger partial charge in [0, 0.05) is 6.04 Å². The number of rotatable bonds is 2. The summed E-state index contributed by atoms with van der Waals surface area (Å²) in [5.41, 5.74) is 4.84. The Morgan fingerprint density at radius 2 is 1.57 bits per heavy atom. The van der Waals surface area contributed by atoms with Gasteiger partial charge in [0.1, 0.15) is 5.60 Å². The fraction of sp³-hybridized carbons (Fsp3) is 0.400. The zero-order valence-corrected chi connectivity index (χ0v) is 14.0. The third-order valence-corrected chi connectivity index (χ3v) is 5.48. The standard InChI is InChI=1S/C20H23BNO/c1-15-9-3-5-11-17(15)20(18-12-6-4-10-16(18)2)19-13-7-8-14-22(19)21-23-20/h3-6,9-12,19H,7-8,13-14H2,1-2H3/t19-/m0/s1. The van der Waals surface area contributed by atoms with E-state index in [0.29, 0.717) is 6.04 Å². The van der Waals surface area contributed by atoms with Crippen LogP contribution in [0.5, 0.6) is 0 Å². The van der Waals surface area contributed by atoms with Gasteiger partial charge in [0.25, 0.3) is 0 Å². The molecule has 2 aromatic carbocycles. The molecule has 2 fully saturated rings. The molecule has 0 saturated carbocycles. The van der Waals surface area contributed by atoms with Gasteiger partial charge >= 0.3 is 7.62 Å². The summed E-state index contributed by atoms with van der Waals surface area (Å²) in [6, 6.07) is 17.8. The molecule has 0 aromatic heterocycles. The second-order valence-electron chi connectivity index (χ2n) is 6.84. The fourth-order valence-corrected chi connectivity index (χ4v) is 4.36. The van der Waals surface area contributed by atoms with Gasteiger partial charge in [-0.2, -0.15) is 0 Å². The Morgan fingerprint density at radius 3 is 2.17 bits per heavy atom. The Hall–Kier alpha value is -1.58. The highest BCUT2D eigenvalue weighted by atomic mass is 16.5. The Bertz CT molecular complexity index is 669. The SMILES string of the molecule is Cc1ccccc1C1(c2ccccc2C)O[B]N2CCCC[C@H]21. The summed E-state index contributed by atoms with van der Waals surface area (Å²) in [4.78, 5) is 2.42. The van der Waals surface area contributed by atoms with Crippen molar-refractivity contribution < 1.29 is 4.65 Å². The zero-order chi connectivity index (χ0) is 15.9. The lowest BCUT2D eigenvalue weighted by Crippen LogP contribution is -2.47. The number of nitrogens with zero attached hydrogens (tertiary/aromatic N) is 1. The molecule has 2 saturated heterocycles. The van der Waals surface area contributed by atoms with Gasteiger partial charge in [-0.3, -0.25) is 0 Å². The van der Waals surface area contributed by atoms with E-state index >= 15 is 0 Å². The topological polar surface area (TPSA) is 12.5 Å². The lowest BCUT2D eigenvalue weighted by atomic mass is 9.74. The quantitative estimate of drug-likeness (QED) is 0.779. The van der Waals surface area contributed by atoms with E-state index in [1.807, 2.05) is 7.62 Å². The molecule has 2 heterocycles. The van der Waals surface area contributed by atoms with Crippen molar-refractivity contribution in [3.8, 4) is 0 Å². The predicted octanol–water partition coefficient (Wildman–Crippen LogP) is 3.97. The Morgan fingerprint density at radius 1 is 0.957 bits per heavy atom. The van der Waals surface area contributed by atoms with E-state index in [1.165, 1.54) is 41.5 Å². The summed E-state index contributed by atoms with van der Waals surface area (Å²) >= 11 is 0. The van der Waals surface area contributed by atoms with Crippen LogP contribution in [-0.4, -0.2) is 25.0 Å². The minimum absolute atomic E-state index is 0.378. The van der Waals surface area contributed by atoms with Gasteiger partial charge in [-0.25, -0.2) is 0 Å². The monoisotopic (exact) mass is 304 g/mol. The normalized spacial score (nSPS) is 23.3. The Balaban J connectivity index is 1.95. The predicted molar refractivity (Wildman–Crippen MR) is 94.3 cm³/mol. The van der Waals surface area contributed by atoms with Crippen molar-refractivity contribution in [3.05, 3.63) is 70.8 Å². The lowest BCUT2D eigenvalue weighted by Gasteiger charge is -2.42. The largest absolute Gasteiger partial charge is 0.409 e. The van der Waals surface area contributed by atoms with Gasteiger partial charge in [-0.1, -0.05) is 55.0 Å². The number of hydrogen-bond acceptors (Lipinski definition) is 2. The highest BCUT2D eigenvalue weighted by molar-refractivity contribution is 6.25. The van der Waals surface area contributed by atoms with Gasteiger partial charge in [0.2, 0.25) is 0 Å². The van der Waals surface area contributed by atoms with Crippen molar-refractivity contribution in [3.63, 3.8) is 0 Å². The van der Waals surface area contributed by atoms with Crippen LogP contribution in [-0.2, 0) is 10.3 Å². The Kier molecular flexibility index (Phi) is 3.78. The Labute approximate surface area is 139 Å². The van der Waals surface area contributed by atoms with Crippen LogP contribution >= 0.6 is 0 Å². The van der Waals surface area contributed by atoms with Gasteiger partial charge < -0.3 is 9.47 Å². The van der Waals surface area contributed by atoms with Crippen molar-refractivity contribution >= 4 is 7.62 Å². The molecular weight excluding hydrogens is 281 g/mol. The zero-order valence-electron chi connectivity index (χ0n) is 14.0. The smallest absolute Gasteiger partial charge is 0.400 e. The van der Waals surface area contributed by atoms with Gasteiger partial charge in [-0.15, -0.1) is 0 Å². The van der Waals surface area contributed by atoms with E-state index in [1.54, 1.807) is 0 Å². The minimum atomic E-state index is -0.378. The van der Waals surface area contributed by atoms with E-state index in [0.717, 1.165) is 6.54 Å². The van der Waals surface area contributed by atoms with Gasteiger partial charge in [0.05, 0.1) is 0 Å². The maximum absolute atomic E-state index is 6.52. The molecular formula is C20H23BNO. The number of hydrogen-bond donors (Lipinski definition) is 0. The van der Waals surface area contributed by atoms with Crippen molar-refractivity contribution in [2.75, 3.05) is 6.54 Å². The molecule has 4 rings (SSSR count). The molecule has 2 aliphatic rings.